The fourth-order valence-electron chi connectivity index (χ4n) is 8.08. The van der Waals surface area contributed by atoms with Crippen LogP contribution < -0.4 is 19.3 Å². The highest BCUT2D eigenvalue weighted by atomic mass is 35.5. The van der Waals surface area contributed by atoms with E-state index >= 15 is 0 Å². The number of anilines is 2. The molecular formula is C44H62Cl4N4O5. The molecule has 8 rings (SSSR count). The fourth-order valence-corrected chi connectivity index (χ4v) is 8.08. The molecule has 0 saturated carbocycles. The van der Waals surface area contributed by atoms with Crippen LogP contribution in [0.25, 0.3) is 0 Å². The van der Waals surface area contributed by atoms with Crippen molar-refractivity contribution in [3.8, 4) is 11.5 Å². The van der Waals surface area contributed by atoms with Crippen molar-refractivity contribution in [3.05, 3.63) is 119 Å². The largest absolute Gasteiger partial charge is 0.497 e. The van der Waals surface area contributed by atoms with Gasteiger partial charge in [-0.2, -0.15) is 0 Å². The van der Waals surface area contributed by atoms with Crippen molar-refractivity contribution in [3.63, 3.8) is 0 Å². The van der Waals surface area contributed by atoms with E-state index < -0.39 is 0 Å². The molecule has 2 fully saturated rings. The van der Waals surface area contributed by atoms with Crippen molar-refractivity contribution >= 4 is 61.0 Å². The molecule has 2 saturated heterocycles. The Hall–Kier alpha value is -2.96. The second-order valence-electron chi connectivity index (χ2n) is 14.2. The minimum atomic E-state index is 0. The van der Waals surface area contributed by atoms with Gasteiger partial charge in [0, 0.05) is 76.8 Å². The molecule has 4 aromatic carbocycles. The highest BCUT2D eigenvalue weighted by molar-refractivity contribution is 5.86. The van der Waals surface area contributed by atoms with Gasteiger partial charge < -0.3 is 34.2 Å². The summed E-state index contributed by atoms with van der Waals surface area (Å²) in [7, 11) is 3.42. The molecule has 2 unspecified atom stereocenters. The Morgan fingerprint density at radius 2 is 0.842 bits per heavy atom. The van der Waals surface area contributed by atoms with Crippen LogP contribution in [-0.2, 0) is 22.3 Å². The van der Waals surface area contributed by atoms with E-state index in [0.29, 0.717) is 0 Å². The number of hydrogen-bond acceptors (Lipinski definition) is 8. The molecule has 2 N–H and O–H groups in total. The topological polar surface area (TPSA) is 81.4 Å². The predicted molar refractivity (Wildman–Crippen MR) is 243 cm³/mol. The third-order valence-corrected chi connectivity index (χ3v) is 11.2. The second-order valence-corrected chi connectivity index (χ2v) is 14.2. The van der Waals surface area contributed by atoms with Crippen molar-refractivity contribution in [2.75, 3.05) is 103 Å². The predicted octanol–water partition coefficient (Wildman–Crippen LogP) is 7.91. The van der Waals surface area contributed by atoms with Gasteiger partial charge in [0.25, 0.3) is 0 Å². The van der Waals surface area contributed by atoms with E-state index in [1.54, 1.807) is 14.2 Å². The first-order valence-corrected chi connectivity index (χ1v) is 19.3. The molecule has 0 aliphatic carbocycles. The minimum Gasteiger partial charge on any atom is -0.497 e. The molecule has 4 aliphatic rings. The summed E-state index contributed by atoms with van der Waals surface area (Å²) in [5.74, 6) is 1.83. The van der Waals surface area contributed by atoms with Gasteiger partial charge in [-0.1, -0.05) is 48.5 Å². The SMILES string of the molecule is COc1ccc(N2CCN(CCC3OCCc4ccccc43)CC2)cc1.COc1ccc(N2CCN(CCC3OCCc4ccccc43)CC2)cc1.Cl.Cl.Cl.Cl.O. The van der Waals surface area contributed by atoms with E-state index in [0.717, 1.165) is 116 Å². The molecule has 4 aliphatic heterocycles. The zero-order valence-electron chi connectivity index (χ0n) is 33.3. The van der Waals surface area contributed by atoms with E-state index in [1.807, 2.05) is 24.3 Å². The van der Waals surface area contributed by atoms with Gasteiger partial charge in [-0.3, -0.25) is 9.80 Å². The number of ether oxygens (including phenoxy) is 4. The highest BCUT2D eigenvalue weighted by Gasteiger charge is 2.25. The molecule has 0 amide bonds. The molecule has 0 spiro atoms. The van der Waals surface area contributed by atoms with Gasteiger partial charge in [0.05, 0.1) is 39.6 Å². The summed E-state index contributed by atoms with van der Waals surface area (Å²) in [6.07, 6.45) is 4.79. The van der Waals surface area contributed by atoms with Gasteiger partial charge in [-0.15, -0.1) is 49.6 Å². The Kier molecular flexibility index (Phi) is 22.5. The summed E-state index contributed by atoms with van der Waals surface area (Å²) in [4.78, 5) is 10.1. The standard InChI is InChI=1S/2C22H28N2O2.4ClH.H2O/c2*1-25-20-8-6-19(7-9-20)24-15-13-23(14-16-24)12-10-22-21-5-3-2-4-18(21)11-17-26-22;;;;;/h2*2-9,22H,10-17H2,1H3;4*1H;1H2. The smallest absolute Gasteiger partial charge is 0.119 e. The van der Waals surface area contributed by atoms with Crippen LogP contribution in [0.2, 0.25) is 0 Å². The summed E-state index contributed by atoms with van der Waals surface area (Å²) < 4.78 is 22.6. The van der Waals surface area contributed by atoms with Crippen LogP contribution in [0.1, 0.15) is 47.3 Å². The molecular weight excluding hydrogens is 806 g/mol. The van der Waals surface area contributed by atoms with E-state index in [4.69, 9.17) is 18.9 Å². The Morgan fingerprint density at radius 3 is 1.19 bits per heavy atom. The first-order chi connectivity index (χ1) is 25.7. The van der Waals surface area contributed by atoms with Crippen molar-refractivity contribution in [2.45, 2.75) is 37.9 Å². The first-order valence-electron chi connectivity index (χ1n) is 19.3. The summed E-state index contributed by atoms with van der Waals surface area (Å²) in [6, 6.07) is 34.3. The lowest BCUT2D eigenvalue weighted by atomic mass is 9.95. The van der Waals surface area contributed by atoms with Gasteiger partial charge in [-0.05, 0) is 96.5 Å². The number of piperazine rings is 2. The molecule has 0 aromatic heterocycles. The zero-order valence-corrected chi connectivity index (χ0v) is 36.5. The van der Waals surface area contributed by atoms with E-state index in [1.165, 1.54) is 33.6 Å². The second kappa shape index (κ2) is 25.5. The molecule has 316 valence electrons. The number of methoxy groups -OCH3 is 2. The summed E-state index contributed by atoms with van der Waals surface area (Å²) >= 11 is 0. The normalized spacial score (nSPS) is 18.8. The Morgan fingerprint density at radius 1 is 0.491 bits per heavy atom. The maximum absolute atomic E-state index is 6.06. The molecule has 0 bridgehead atoms. The molecule has 0 radical (unpaired) electrons. The average Bonchev–Trinajstić information content (AvgIpc) is 3.23. The lowest BCUT2D eigenvalue weighted by Gasteiger charge is -2.37. The number of halogens is 4. The molecule has 2 atom stereocenters. The average molecular weight is 869 g/mol. The van der Waals surface area contributed by atoms with Crippen LogP contribution in [0.3, 0.4) is 0 Å². The number of fused-ring (bicyclic) bond motifs is 2. The zero-order chi connectivity index (χ0) is 35.5. The van der Waals surface area contributed by atoms with Crippen LogP contribution >= 0.6 is 49.6 Å². The van der Waals surface area contributed by atoms with Crippen LogP contribution in [-0.4, -0.2) is 108 Å². The van der Waals surface area contributed by atoms with Crippen molar-refractivity contribution in [2.24, 2.45) is 0 Å². The van der Waals surface area contributed by atoms with Crippen molar-refractivity contribution in [1.29, 1.82) is 0 Å². The van der Waals surface area contributed by atoms with Crippen LogP contribution in [0.15, 0.2) is 97.1 Å². The van der Waals surface area contributed by atoms with Crippen molar-refractivity contribution in [1.82, 2.24) is 9.80 Å². The van der Waals surface area contributed by atoms with Gasteiger partial charge in [0.15, 0.2) is 0 Å². The molecule has 57 heavy (non-hydrogen) atoms. The minimum absolute atomic E-state index is 0. The highest BCUT2D eigenvalue weighted by Crippen LogP contribution is 2.31. The number of nitrogens with zero attached hydrogens (tertiary/aromatic N) is 4. The third-order valence-electron chi connectivity index (χ3n) is 11.2. The molecule has 4 heterocycles. The van der Waals surface area contributed by atoms with Crippen molar-refractivity contribution < 1.29 is 24.4 Å². The Bertz CT molecular complexity index is 1570. The fraction of sp³-hybridized carbons (Fsp3) is 0.455. The van der Waals surface area contributed by atoms with Gasteiger partial charge in [-0.25, -0.2) is 0 Å². The lowest BCUT2D eigenvalue weighted by molar-refractivity contribution is 0.0288. The van der Waals surface area contributed by atoms with E-state index in [9.17, 15) is 0 Å². The Balaban J connectivity index is 0.000000362. The van der Waals surface area contributed by atoms with Gasteiger partial charge >= 0.3 is 0 Å². The maximum atomic E-state index is 6.06. The van der Waals surface area contributed by atoms with Crippen LogP contribution in [0, 0.1) is 0 Å². The first kappa shape index (κ1) is 50.2. The summed E-state index contributed by atoms with van der Waals surface area (Å²) in [5.41, 5.74) is 8.30. The number of benzene rings is 4. The van der Waals surface area contributed by atoms with Gasteiger partial charge in [0.1, 0.15) is 11.5 Å². The Labute approximate surface area is 364 Å². The number of rotatable bonds is 10. The molecule has 13 heteroatoms. The lowest BCUT2D eigenvalue weighted by Crippen LogP contribution is -2.46. The molecule has 9 nitrogen and oxygen atoms in total. The van der Waals surface area contributed by atoms with Gasteiger partial charge in [0.2, 0.25) is 0 Å². The monoisotopic (exact) mass is 866 g/mol. The quantitative estimate of drug-likeness (QED) is 0.159. The third kappa shape index (κ3) is 13.5. The van der Waals surface area contributed by atoms with Crippen LogP contribution in [0.4, 0.5) is 11.4 Å². The van der Waals surface area contributed by atoms with E-state index in [-0.39, 0.29) is 67.3 Å². The maximum Gasteiger partial charge on any atom is 0.119 e. The van der Waals surface area contributed by atoms with E-state index in [2.05, 4.69) is 92.4 Å². The molecule has 4 aromatic rings. The summed E-state index contributed by atoms with van der Waals surface area (Å²) in [6.45, 7) is 12.7. The summed E-state index contributed by atoms with van der Waals surface area (Å²) in [5, 5.41) is 0. The number of hydrogen-bond donors (Lipinski definition) is 0. The van der Waals surface area contributed by atoms with Crippen LogP contribution in [0.5, 0.6) is 11.5 Å².